The summed E-state index contributed by atoms with van der Waals surface area (Å²) in [6.07, 6.45) is -11.6. The Labute approximate surface area is 237 Å². The SMILES string of the molecule is Fc1c(N2CCNCC2)cc(Nc2ccc(C(F)F)cn2)nc1N1CCOCC1.O=C(O)C(F)(F)F.O=C(O)C(F)(F)F. The maximum atomic E-state index is 15.4. The van der Waals surface area contributed by atoms with E-state index < -0.39 is 30.7 Å². The van der Waals surface area contributed by atoms with Crippen molar-refractivity contribution in [3.05, 3.63) is 35.8 Å². The van der Waals surface area contributed by atoms with Crippen LogP contribution in [0.15, 0.2) is 24.4 Å². The van der Waals surface area contributed by atoms with Crippen molar-refractivity contribution >= 4 is 35.1 Å². The number of nitrogens with zero attached hydrogens (tertiary/aromatic N) is 4. The third kappa shape index (κ3) is 11.3. The molecule has 4 heterocycles. The summed E-state index contributed by atoms with van der Waals surface area (Å²) in [7, 11) is 0. The standard InChI is InChI=1S/C19H23F3N6O.2C2HF3O2/c20-17-14(27-5-3-23-4-6-27)11-16(26-19(17)28-7-9-29-10-8-28)25-15-2-1-13(12-24-15)18(21)22;2*3-2(4,5)1(6)7/h1-2,11-12,18,23H,3-10H2,(H,24,25,26);2*(H,6,7). The van der Waals surface area contributed by atoms with Gasteiger partial charge in [-0.15, -0.1) is 0 Å². The number of carboxylic acid groups (broad SMARTS) is 2. The molecular formula is C23H25F9N6O5. The van der Waals surface area contributed by atoms with Crippen LogP contribution in [-0.2, 0) is 14.3 Å². The van der Waals surface area contributed by atoms with Crippen LogP contribution in [0.25, 0.3) is 0 Å². The zero-order valence-electron chi connectivity index (χ0n) is 21.9. The summed E-state index contributed by atoms with van der Waals surface area (Å²) in [5.74, 6) is -4.83. The Bertz CT molecular complexity index is 1140. The lowest BCUT2D eigenvalue weighted by Gasteiger charge is -2.33. The van der Waals surface area contributed by atoms with Crippen LogP contribution in [0.1, 0.15) is 12.0 Å². The van der Waals surface area contributed by atoms with Crippen molar-refractivity contribution < 1.29 is 64.1 Å². The molecule has 4 rings (SSSR count). The minimum Gasteiger partial charge on any atom is -0.475 e. The first kappa shape index (κ1) is 35.1. The van der Waals surface area contributed by atoms with E-state index in [1.165, 1.54) is 12.1 Å². The van der Waals surface area contributed by atoms with Gasteiger partial charge in [-0.3, -0.25) is 0 Å². The Morgan fingerprint density at radius 1 is 0.907 bits per heavy atom. The number of aliphatic carboxylic acids is 2. The number of anilines is 4. The smallest absolute Gasteiger partial charge is 0.475 e. The second-order valence-electron chi connectivity index (χ2n) is 8.51. The molecule has 0 saturated carbocycles. The monoisotopic (exact) mass is 636 g/mol. The van der Waals surface area contributed by atoms with Gasteiger partial charge in [-0.25, -0.2) is 32.7 Å². The highest BCUT2D eigenvalue weighted by molar-refractivity contribution is 5.73. The van der Waals surface area contributed by atoms with Gasteiger partial charge in [0.05, 0.1) is 18.9 Å². The summed E-state index contributed by atoms with van der Waals surface area (Å²) in [5.41, 5.74) is 0.313. The molecule has 0 aliphatic carbocycles. The first-order chi connectivity index (χ1) is 20.0. The normalized spacial score (nSPS) is 15.6. The topological polar surface area (TPSA) is 140 Å². The highest BCUT2D eigenvalue weighted by Crippen LogP contribution is 2.32. The first-order valence-electron chi connectivity index (χ1n) is 12.1. The van der Waals surface area contributed by atoms with E-state index in [1.54, 1.807) is 6.07 Å². The maximum Gasteiger partial charge on any atom is 0.490 e. The number of ether oxygens (including phenoxy) is 1. The lowest BCUT2D eigenvalue weighted by atomic mass is 10.2. The van der Waals surface area contributed by atoms with Crippen molar-refractivity contribution in [2.24, 2.45) is 0 Å². The molecule has 0 amide bonds. The van der Waals surface area contributed by atoms with Crippen molar-refractivity contribution in [1.29, 1.82) is 0 Å². The molecule has 0 bridgehead atoms. The van der Waals surface area contributed by atoms with Crippen LogP contribution in [0.4, 0.5) is 62.7 Å². The van der Waals surface area contributed by atoms with Gasteiger partial charge in [0.2, 0.25) is 0 Å². The van der Waals surface area contributed by atoms with Crippen LogP contribution in [-0.4, -0.2) is 97.0 Å². The van der Waals surface area contributed by atoms with E-state index in [9.17, 15) is 35.1 Å². The van der Waals surface area contributed by atoms with Gasteiger partial charge in [0, 0.05) is 57.1 Å². The number of hydrogen-bond donors (Lipinski definition) is 4. The van der Waals surface area contributed by atoms with Crippen molar-refractivity contribution in [3.63, 3.8) is 0 Å². The Morgan fingerprint density at radius 2 is 1.44 bits per heavy atom. The molecule has 20 heteroatoms. The second kappa shape index (κ2) is 15.4. The van der Waals surface area contributed by atoms with Crippen LogP contribution >= 0.6 is 0 Å². The summed E-state index contributed by atoms with van der Waals surface area (Å²) in [5, 5.41) is 20.5. The molecule has 240 valence electrons. The quantitative estimate of drug-likeness (QED) is 0.357. The highest BCUT2D eigenvalue weighted by atomic mass is 19.4. The lowest BCUT2D eigenvalue weighted by molar-refractivity contribution is -0.193. The Hall–Kier alpha value is -4.07. The maximum absolute atomic E-state index is 15.4. The number of aromatic nitrogens is 2. The van der Waals surface area contributed by atoms with Gasteiger partial charge in [0.15, 0.2) is 11.6 Å². The molecule has 2 aromatic rings. The Kier molecular flexibility index (Phi) is 12.6. The number of piperazine rings is 1. The predicted molar refractivity (Wildman–Crippen MR) is 132 cm³/mol. The molecular weight excluding hydrogens is 611 g/mol. The van der Waals surface area contributed by atoms with E-state index in [2.05, 4.69) is 20.6 Å². The molecule has 0 aromatic carbocycles. The molecule has 4 N–H and O–H groups in total. The van der Waals surface area contributed by atoms with Gasteiger partial charge in [-0.05, 0) is 12.1 Å². The Balaban J connectivity index is 0.000000384. The zero-order chi connectivity index (χ0) is 32.4. The summed E-state index contributed by atoms with van der Waals surface area (Å²) in [4.78, 5) is 30.1. The van der Waals surface area contributed by atoms with E-state index in [1.807, 2.05) is 9.80 Å². The largest absolute Gasteiger partial charge is 0.490 e. The van der Waals surface area contributed by atoms with E-state index in [0.717, 1.165) is 19.3 Å². The zero-order valence-corrected chi connectivity index (χ0v) is 21.9. The van der Waals surface area contributed by atoms with E-state index in [0.29, 0.717) is 56.7 Å². The molecule has 2 fully saturated rings. The molecule has 0 spiro atoms. The molecule has 0 radical (unpaired) electrons. The summed E-state index contributed by atoms with van der Waals surface area (Å²) in [6.45, 7) is 5.04. The molecule has 11 nitrogen and oxygen atoms in total. The molecule has 0 atom stereocenters. The number of nitrogens with one attached hydrogen (secondary N) is 2. The van der Waals surface area contributed by atoms with E-state index in [-0.39, 0.29) is 17.2 Å². The number of alkyl halides is 8. The Morgan fingerprint density at radius 3 is 1.88 bits per heavy atom. The minimum absolute atomic E-state index is 0.155. The van der Waals surface area contributed by atoms with Gasteiger partial charge in [-0.1, -0.05) is 0 Å². The van der Waals surface area contributed by atoms with Gasteiger partial charge in [0.1, 0.15) is 11.6 Å². The van der Waals surface area contributed by atoms with Crippen molar-refractivity contribution in [1.82, 2.24) is 15.3 Å². The fourth-order valence-corrected chi connectivity index (χ4v) is 3.43. The number of rotatable bonds is 5. The second-order valence-corrected chi connectivity index (χ2v) is 8.51. The van der Waals surface area contributed by atoms with Gasteiger partial charge >= 0.3 is 24.3 Å². The van der Waals surface area contributed by atoms with Gasteiger partial charge in [-0.2, -0.15) is 26.3 Å². The molecule has 2 aromatic heterocycles. The highest BCUT2D eigenvalue weighted by Gasteiger charge is 2.39. The van der Waals surface area contributed by atoms with Crippen molar-refractivity contribution in [2.75, 3.05) is 67.6 Å². The summed E-state index contributed by atoms with van der Waals surface area (Å²) >= 11 is 0. The fourth-order valence-electron chi connectivity index (χ4n) is 3.43. The van der Waals surface area contributed by atoms with Gasteiger partial charge < -0.3 is 35.4 Å². The molecule has 2 saturated heterocycles. The lowest BCUT2D eigenvalue weighted by Crippen LogP contribution is -2.44. The van der Waals surface area contributed by atoms with Crippen molar-refractivity contribution in [3.8, 4) is 0 Å². The van der Waals surface area contributed by atoms with E-state index in [4.69, 9.17) is 24.5 Å². The van der Waals surface area contributed by atoms with Gasteiger partial charge in [0.25, 0.3) is 6.43 Å². The number of carbonyl (C=O) groups is 2. The third-order valence-electron chi connectivity index (χ3n) is 5.47. The van der Waals surface area contributed by atoms with Crippen LogP contribution in [0.5, 0.6) is 0 Å². The average Bonchev–Trinajstić information content (AvgIpc) is 2.95. The van der Waals surface area contributed by atoms with Crippen LogP contribution in [0, 0.1) is 5.82 Å². The summed E-state index contributed by atoms with van der Waals surface area (Å²) in [6, 6.07) is 4.42. The molecule has 43 heavy (non-hydrogen) atoms. The van der Waals surface area contributed by atoms with E-state index >= 15 is 4.39 Å². The predicted octanol–water partition coefficient (Wildman–Crippen LogP) is 3.81. The fraction of sp³-hybridized carbons (Fsp3) is 0.478. The number of halogens is 9. The van der Waals surface area contributed by atoms with Crippen LogP contribution in [0.3, 0.4) is 0 Å². The minimum atomic E-state index is -5.08. The number of carboxylic acids is 2. The van der Waals surface area contributed by atoms with Crippen LogP contribution in [0.2, 0.25) is 0 Å². The number of pyridine rings is 2. The third-order valence-corrected chi connectivity index (χ3v) is 5.47. The molecule has 2 aliphatic heterocycles. The van der Waals surface area contributed by atoms with Crippen molar-refractivity contribution in [2.45, 2.75) is 18.8 Å². The number of morpholine rings is 1. The first-order valence-corrected chi connectivity index (χ1v) is 12.1. The molecule has 2 aliphatic rings. The average molecular weight is 636 g/mol. The molecule has 0 unspecified atom stereocenters. The summed E-state index contributed by atoms with van der Waals surface area (Å²) < 4.78 is 110. The number of hydrogen-bond acceptors (Lipinski definition) is 9. The van der Waals surface area contributed by atoms with Crippen LogP contribution < -0.4 is 20.4 Å².